The van der Waals surface area contributed by atoms with Gasteiger partial charge in [-0.25, -0.2) is 4.39 Å². The van der Waals surface area contributed by atoms with Crippen LogP contribution in [-0.4, -0.2) is 33.4 Å². The van der Waals surface area contributed by atoms with Gasteiger partial charge >= 0.3 is 0 Å². The van der Waals surface area contributed by atoms with Crippen molar-refractivity contribution in [2.45, 2.75) is 26.8 Å². The minimum absolute atomic E-state index is 0.179. The van der Waals surface area contributed by atoms with Crippen LogP contribution in [-0.2, 0) is 11.3 Å². The molecule has 4 heteroatoms. The Morgan fingerprint density at radius 3 is 2.68 bits per heavy atom. The zero-order valence-corrected chi connectivity index (χ0v) is 12.2. The fraction of sp³-hybridized carbons (Fsp3) is 0.600. The lowest BCUT2D eigenvalue weighted by Crippen LogP contribution is -2.27. The van der Waals surface area contributed by atoms with E-state index in [1.54, 1.807) is 19.2 Å². The molecule has 0 aromatic heterocycles. The van der Waals surface area contributed by atoms with Gasteiger partial charge in [-0.05, 0) is 43.7 Å². The molecule has 0 fully saturated rings. The molecule has 0 atom stereocenters. The van der Waals surface area contributed by atoms with Gasteiger partial charge in [0, 0.05) is 32.4 Å². The highest BCUT2D eigenvalue weighted by Gasteiger charge is 2.07. The van der Waals surface area contributed by atoms with Gasteiger partial charge in [0.15, 0.2) is 0 Å². The third-order valence-electron chi connectivity index (χ3n) is 3.01. The molecule has 0 bridgehead atoms. The van der Waals surface area contributed by atoms with Gasteiger partial charge in [0.05, 0.1) is 6.61 Å². The van der Waals surface area contributed by atoms with E-state index in [2.05, 4.69) is 24.1 Å². The van der Waals surface area contributed by atoms with E-state index >= 15 is 0 Å². The Balaban J connectivity index is 2.75. The molecule has 1 rings (SSSR count). The molecule has 1 aromatic rings. The number of halogens is 1. The first-order chi connectivity index (χ1) is 9.21. The summed E-state index contributed by atoms with van der Waals surface area (Å²) in [5.74, 6) is -0.179. The monoisotopic (exact) mass is 268 g/mol. The maximum absolute atomic E-state index is 13.7. The van der Waals surface area contributed by atoms with Crippen molar-refractivity contribution in [3.63, 3.8) is 0 Å². The summed E-state index contributed by atoms with van der Waals surface area (Å²) in [7, 11) is 1.68. The Hall–Kier alpha value is -1.13. The third-order valence-corrected chi connectivity index (χ3v) is 3.01. The molecular weight excluding hydrogens is 243 g/mol. The average molecular weight is 268 g/mol. The average Bonchev–Trinajstić information content (AvgIpc) is 2.39. The van der Waals surface area contributed by atoms with Crippen molar-refractivity contribution < 1.29 is 9.13 Å². The molecule has 0 saturated heterocycles. The first kappa shape index (κ1) is 15.9. The van der Waals surface area contributed by atoms with Crippen LogP contribution in [0.15, 0.2) is 18.2 Å². The molecule has 108 valence electrons. The predicted molar refractivity (Wildman–Crippen MR) is 78.2 cm³/mol. The second-order valence-corrected chi connectivity index (χ2v) is 4.57. The summed E-state index contributed by atoms with van der Waals surface area (Å²) in [4.78, 5) is 2.12. The zero-order chi connectivity index (χ0) is 14.1. The number of rotatable bonds is 9. The van der Waals surface area contributed by atoms with E-state index in [-0.39, 0.29) is 5.82 Å². The van der Waals surface area contributed by atoms with Crippen molar-refractivity contribution in [3.8, 4) is 0 Å². The Bertz CT molecular complexity index is 371. The number of ether oxygens (including phenoxy) is 1. The summed E-state index contributed by atoms with van der Waals surface area (Å²) in [6.07, 6.45) is 1.08. The number of anilines is 1. The molecule has 0 radical (unpaired) electrons. The standard InChI is InChI=1S/C15H25FN2O/c1-4-6-17-12-13-9-14(16)11-15(10-13)18(5-2)7-8-19-3/h9-11,17H,4-8,12H2,1-3H3. The highest BCUT2D eigenvalue weighted by Crippen LogP contribution is 2.18. The van der Waals surface area contributed by atoms with Crippen LogP contribution in [0.4, 0.5) is 10.1 Å². The van der Waals surface area contributed by atoms with Gasteiger partial charge in [0.2, 0.25) is 0 Å². The Morgan fingerprint density at radius 1 is 1.26 bits per heavy atom. The van der Waals surface area contributed by atoms with Gasteiger partial charge in [-0.1, -0.05) is 6.92 Å². The number of nitrogens with one attached hydrogen (secondary N) is 1. The summed E-state index contributed by atoms with van der Waals surface area (Å²) in [6, 6.07) is 5.23. The fourth-order valence-electron chi connectivity index (χ4n) is 2.00. The summed E-state index contributed by atoms with van der Waals surface area (Å²) < 4.78 is 18.8. The molecule has 0 saturated carbocycles. The van der Waals surface area contributed by atoms with Crippen molar-refractivity contribution in [3.05, 3.63) is 29.6 Å². The molecule has 0 heterocycles. The maximum atomic E-state index is 13.7. The lowest BCUT2D eigenvalue weighted by molar-refractivity contribution is 0.205. The summed E-state index contributed by atoms with van der Waals surface area (Å²) in [5, 5.41) is 3.30. The van der Waals surface area contributed by atoms with Crippen LogP contribution in [0.25, 0.3) is 0 Å². The van der Waals surface area contributed by atoms with Crippen LogP contribution >= 0.6 is 0 Å². The van der Waals surface area contributed by atoms with Crippen molar-refractivity contribution in [2.24, 2.45) is 0 Å². The van der Waals surface area contributed by atoms with Gasteiger partial charge in [-0.15, -0.1) is 0 Å². The highest BCUT2D eigenvalue weighted by molar-refractivity contribution is 5.49. The number of hydrogen-bond donors (Lipinski definition) is 1. The SMILES string of the molecule is CCCNCc1cc(F)cc(N(CC)CCOC)c1. The lowest BCUT2D eigenvalue weighted by Gasteiger charge is -2.23. The van der Waals surface area contributed by atoms with E-state index in [9.17, 15) is 4.39 Å². The number of benzene rings is 1. The molecular formula is C15H25FN2O. The fourth-order valence-corrected chi connectivity index (χ4v) is 2.00. The van der Waals surface area contributed by atoms with Crippen LogP contribution in [0, 0.1) is 5.82 Å². The van der Waals surface area contributed by atoms with Gasteiger partial charge in [-0.2, -0.15) is 0 Å². The highest BCUT2D eigenvalue weighted by atomic mass is 19.1. The van der Waals surface area contributed by atoms with Crippen molar-refractivity contribution >= 4 is 5.69 Å². The van der Waals surface area contributed by atoms with Crippen LogP contribution in [0.3, 0.4) is 0 Å². The molecule has 0 aliphatic rings. The first-order valence-electron chi connectivity index (χ1n) is 6.95. The van der Waals surface area contributed by atoms with Crippen LogP contribution < -0.4 is 10.2 Å². The van der Waals surface area contributed by atoms with Crippen molar-refractivity contribution in [2.75, 3.05) is 38.3 Å². The van der Waals surface area contributed by atoms with Gasteiger partial charge in [0.1, 0.15) is 5.82 Å². The maximum Gasteiger partial charge on any atom is 0.125 e. The third kappa shape index (κ3) is 5.57. The molecule has 19 heavy (non-hydrogen) atoms. The van der Waals surface area contributed by atoms with E-state index in [1.807, 2.05) is 6.07 Å². The van der Waals surface area contributed by atoms with E-state index in [0.717, 1.165) is 37.3 Å². The number of hydrogen-bond acceptors (Lipinski definition) is 3. The van der Waals surface area contributed by atoms with Crippen LogP contribution in [0.1, 0.15) is 25.8 Å². The minimum atomic E-state index is -0.179. The number of likely N-dealkylation sites (N-methyl/N-ethyl adjacent to an activating group) is 1. The predicted octanol–water partition coefficient (Wildman–Crippen LogP) is 2.80. The zero-order valence-electron chi connectivity index (χ0n) is 12.2. The second-order valence-electron chi connectivity index (χ2n) is 4.57. The topological polar surface area (TPSA) is 24.5 Å². The van der Waals surface area contributed by atoms with Crippen molar-refractivity contribution in [1.82, 2.24) is 5.32 Å². The van der Waals surface area contributed by atoms with Crippen LogP contribution in [0.2, 0.25) is 0 Å². The largest absolute Gasteiger partial charge is 0.383 e. The first-order valence-corrected chi connectivity index (χ1v) is 6.95. The normalized spacial score (nSPS) is 10.7. The summed E-state index contributed by atoms with van der Waals surface area (Å²) in [6.45, 7) is 8.11. The smallest absolute Gasteiger partial charge is 0.125 e. The van der Waals surface area contributed by atoms with E-state index in [0.29, 0.717) is 13.2 Å². The molecule has 1 aromatic carbocycles. The van der Waals surface area contributed by atoms with Crippen LogP contribution in [0.5, 0.6) is 0 Å². The number of nitrogens with zero attached hydrogens (tertiary/aromatic N) is 1. The minimum Gasteiger partial charge on any atom is -0.383 e. The van der Waals surface area contributed by atoms with Gasteiger partial charge < -0.3 is 15.0 Å². The number of methoxy groups -OCH3 is 1. The Morgan fingerprint density at radius 2 is 2.05 bits per heavy atom. The summed E-state index contributed by atoms with van der Waals surface area (Å²) in [5.41, 5.74) is 1.91. The lowest BCUT2D eigenvalue weighted by atomic mass is 10.1. The van der Waals surface area contributed by atoms with E-state index in [1.165, 1.54) is 0 Å². The summed E-state index contributed by atoms with van der Waals surface area (Å²) >= 11 is 0. The molecule has 0 amide bonds. The second kappa shape index (κ2) is 8.88. The Labute approximate surface area is 115 Å². The molecule has 0 aliphatic heterocycles. The molecule has 0 aliphatic carbocycles. The molecule has 1 N–H and O–H groups in total. The Kier molecular flexibility index (Phi) is 7.45. The van der Waals surface area contributed by atoms with Gasteiger partial charge in [0.25, 0.3) is 0 Å². The molecule has 3 nitrogen and oxygen atoms in total. The van der Waals surface area contributed by atoms with E-state index < -0.39 is 0 Å². The quantitative estimate of drug-likeness (QED) is 0.697. The van der Waals surface area contributed by atoms with Gasteiger partial charge in [-0.3, -0.25) is 0 Å². The molecule has 0 spiro atoms. The van der Waals surface area contributed by atoms with Crippen molar-refractivity contribution in [1.29, 1.82) is 0 Å². The molecule has 0 unspecified atom stereocenters. The van der Waals surface area contributed by atoms with E-state index in [4.69, 9.17) is 4.74 Å².